The van der Waals surface area contributed by atoms with Crippen LogP contribution in [0.3, 0.4) is 0 Å². The molecule has 0 saturated carbocycles. The molecule has 2 unspecified atom stereocenters. The molecule has 1 aromatic rings. The second-order valence-corrected chi connectivity index (χ2v) is 8.91. The highest BCUT2D eigenvalue weighted by Gasteiger charge is 2.45. The van der Waals surface area contributed by atoms with Gasteiger partial charge in [0.05, 0.1) is 11.1 Å². The highest BCUT2D eigenvalue weighted by atomic mass is 35.6. The first-order chi connectivity index (χ1) is 13.3. The molecule has 0 aromatic heterocycles. The Morgan fingerprint density at radius 2 is 1.75 bits per heavy atom. The molecule has 0 bridgehead atoms. The molecule has 2 aliphatic heterocycles. The Bertz CT molecular complexity index is 731. The normalized spacial score (nSPS) is 21.9. The van der Waals surface area contributed by atoms with Crippen molar-refractivity contribution >= 4 is 52.6 Å². The first-order valence-electron chi connectivity index (χ1n) is 8.76. The molecule has 0 aliphatic carbocycles. The zero-order valence-corrected chi connectivity index (χ0v) is 17.0. The number of rotatable bonds is 7. The highest BCUT2D eigenvalue weighted by Crippen LogP contribution is 2.32. The van der Waals surface area contributed by atoms with Gasteiger partial charge in [-0.15, -0.1) is 0 Å². The second-order valence-electron chi connectivity index (χ2n) is 6.40. The largest absolute Gasteiger partial charge is 0.433 e. The van der Waals surface area contributed by atoms with Gasteiger partial charge in [-0.25, -0.2) is 4.90 Å². The number of hydrogen-bond acceptors (Lipinski definition) is 6. The summed E-state index contributed by atoms with van der Waals surface area (Å²) in [4.78, 5) is 37.6. The molecule has 2 amide bonds. The van der Waals surface area contributed by atoms with E-state index in [1.54, 1.807) is 24.3 Å². The summed E-state index contributed by atoms with van der Waals surface area (Å²) < 4.78 is 14.7. The molecule has 7 nitrogen and oxygen atoms in total. The van der Waals surface area contributed by atoms with Gasteiger partial charge in [0.15, 0.2) is 3.79 Å². The van der Waals surface area contributed by atoms with Crippen molar-refractivity contribution < 1.29 is 28.6 Å². The van der Waals surface area contributed by atoms with Crippen LogP contribution in [0.5, 0.6) is 0 Å². The Kier molecular flexibility index (Phi) is 6.83. The van der Waals surface area contributed by atoms with E-state index < -0.39 is 34.3 Å². The standard InChI is InChI=1S/C18H18Cl3NO6/c19-18(20,21)9-5-1-2-8-13(23)27-14-10-26-17(28-14)22-15(24)11-6-3-4-7-12(11)16(22)25/h3-4,6-7,14,17H,1-2,5,8-10H2. The summed E-state index contributed by atoms with van der Waals surface area (Å²) >= 11 is 17.0. The van der Waals surface area contributed by atoms with Crippen LogP contribution in [0.4, 0.5) is 0 Å². The fraction of sp³-hybridized carbons (Fsp3) is 0.500. The Morgan fingerprint density at radius 3 is 2.36 bits per heavy atom. The third kappa shape index (κ3) is 5.15. The van der Waals surface area contributed by atoms with Crippen molar-refractivity contribution in [2.24, 2.45) is 0 Å². The highest BCUT2D eigenvalue weighted by molar-refractivity contribution is 6.67. The van der Waals surface area contributed by atoms with E-state index in [-0.39, 0.29) is 24.2 Å². The summed E-state index contributed by atoms with van der Waals surface area (Å²) in [5, 5.41) is 0. The summed E-state index contributed by atoms with van der Waals surface area (Å²) in [6, 6.07) is 6.46. The summed E-state index contributed by atoms with van der Waals surface area (Å²) in [6.45, 7) is -0.0723. The van der Waals surface area contributed by atoms with Crippen LogP contribution >= 0.6 is 34.8 Å². The third-order valence-corrected chi connectivity index (χ3v) is 4.85. The predicted molar refractivity (Wildman–Crippen MR) is 101 cm³/mol. The van der Waals surface area contributed by atoms with Crippen LogP contribution in [-0.2, 0) is 19.0 Å². The van der Waals surface area contributed by atoms with Crippen molar-refractivity contribution in [2.45, 2.75) is 48.6 Å². The SMILES string of the molecule is O=C(CCCCCC(Cl)(Cl)Cl)OC1COC(N2C(=O)c3ccccc3C2=O)O1. The van der Waals surface area contributed by atoms with Gasteiger partial charge in [0, 0.05) is 6.42 Å². The number of benzene rings is 1. The molecule has 0 radical (unpaired) electrons. The van der Waals surface area contributed by atoms with Crippen molar-refractivity contribution in [3.63, 3.8) is 0 Å². The van der Waals surface area contributed by atoms with Gasteiger partial charge in [0.1, 0.15) is 6.61 Å². The fourth-order valence-electron chi connectivity index (χ4n) is 2.94. The quantitative estimate of drug-likeness (QED) is 0.272. The van der Waals surface area contributed by atoms with Crippen molar-refractivity contribution in [3.8, 4) is 0 Å². The number of halogens is 3. The number of imide groups is 1. The summed E-state index contributed by atoms with van der Waals surface area (Å²) in [5.41, 5.74) is 0.574. The molecule has 3 rings (SSSR count). The van der Waals surface area contributed by atoms with Gasteiger partial charge in [-0.2, -0.15) is 0 Å². The van der Waals surface area contributed by atoms with E-state index in [2.05, 4.69) is 0 Å². The van der Waals surface area contributed by atoms with Gasteiger partial charge in [-0.3, -0.25) is 19.1 Å². The van der Waals surface area contributed by atoms with Crippen LogP contribution in [-0.4, -0.2) is 45.8 Å². The van der Waals surface area contributed by atoms with Gasteiger partial charge in [-0.1, -0.05) is 53.4 Å². The Labute approximate surface area is 176 Å². The van der Waals surface area contributed by atoms with Crippen LogP contribution in [0.1, 0.15) is 52.8 Å². The summed E-state index contributed by atoms with van der Waals surface area (Å²) in [7, 11) is 0. The summed E-state index contributed by atoms with van der Waals surface area (Å²) in [5.74, 6) is -1.48. The minimum atomic E-state index is -1.28. The number of carbonyl (C=O) groups excluding carboxylic acids is 3. The van der Waals surface area contributed by atoms with E-state index in [1.165, 1.54) is 0 Å². The van der Waals surface area contributed by atoms with Gasteiger partial charge in [0.2, 0.25) is 6.29 Å². The first kappa shape index (κ1) is 21.3. The number of ether oxygens (including phenoxy) is 3. The van der Waals surface area contributed by atoms with Gasteiger partial charge >= 0.3 is 5.97 Å². The molecule has 2 aliphatic rings. The number of alkyl halides is 3. The van der Waals surface area contributed by atoms with Crippen LogP contribution in [0.2, 0.25) is 0 Å². The minimum absolute atomic E-state index is 0.0723. The lowest BCUT2D eigenvalue weighted by Gasteiger charge is -2.20. The van der Waals surface area contributed by atoms with E-state index in [0.717, 1.165) is 4.90 Å². The number of carbonyl (C=O) groups is 3. The fourth-order valence-corrected chi connectivity index (χ4v) is 3.34. The van der Waals surface area contributed by atoms with Crippen LogP contribution in [0, 0.1) is 0 Å². The molecule has 2 atom stereocenters. The third-order valence-electron chi connectivity index (χ3n) is 4.28. The van der Waals surface area contributed by atoms with Crippen molar-refractivity contribution in [1.82, 2.24) is 4.90 Å². The smallest absolute Gasteiger partial charge is 0.308 e. The van der Waals surface area contributed by atoms with Gasteiger partial charge < -0.3 is 9.47 Å². The molecule has 1 fully saturated rings. The van der Waals surface area contributed by atoms with Crippen LogP contribution in [0.15, 0.2) is 24.3 Å². The molecule has 28 heavy (non-hydrogen) atoms. The zero-order chi connectivity index (χ0) is 20.3. The lowest BCUT2D eigenvalue weighted by molar-refractivity contribution is -0.189. The zero-order valence-electron chi connectivity index (χ0n) is 14.7. The topological polar surface area (TPSA) is 82.1 Å². The van der Waals surface area contributed by atoms with Crippen molar-refractivity contribution in [1.29, 1.82) is 0 Å². The Hall–Kier alpha value is -1.38. The summed E-state index contributed by atoms with van der Waals surface area (Å²) in [6.07, 6.45) is 0.343. The molecule has 2 heterocycles. The number of amides is 2. The number of hydrogen-bond donors (Lipinski definition) is 0. The first-order valence-corrected chi connectivity index (χ1v) is 9.90. The molecule has 1 saturated heterocycles. The second kappa shape index (κ2) is 8.97. The Balaban J connectivity index is 1.43. The number of esters is 1. The average Bonchev–Trinajstić information content (AvgIpc) is 3.17. The van der Waals surface area contributed by atoms with Gasteiger partial charge in [0.25, 0.3) is 18.2 Å². The number of unbranched alkanes of at least 4 members (excludes halogenated alkanes) is 2. The molecule has 152 valence electrons. The average molecular weight is 451 g/mol. The number of fused-ring (bicyclic) bond motifs is 1. The molecular weight excluding hydrogens is 433 g/mol. The molecular formula is C18H18Cl3NO6. The van der Waals surface area contributed by atoms with Crippen LogP contribution < -0.4 is 0 Å². The number of nitrogens with zero attached hydrogens (tertiary/aromatic N) is 1. The lowest BCUT2D eigenvalue weighted by atomic mass is 10.1. The molecule has 1 aromatic carbocycles. The van der Waals surface area contributed by atoms with Crippen molar-refractivity contribution in [2.75, 3.05) is 6.61 Å². The van der Waals surface area contributed by atoms with E-state index >= 15 is 0 Å². The van der Waals surface area contributed by atoms with E-state index in [1.807, 2.05) is 0 Å². The molecule has 0 N–H and O–H groups in total. The maximum Gasteiger partial charge on any atom is 0.308 e. The molecule has 0 spiro atoms. The van der Waals surface area contributed by atoms with Crippen LogP contribution in [0.25, 0.3) is 0 Å². The Morgan fingerprint density at radius 1 is 1.11 bits per heavy atom. The predicted octanol–water partition coefficient (Wildman–Crippen LogP) is 3.80. The lowest BCUT2D eigenvalue weighted by Crippen LogP contribution is -2.41. The maximum absolute atomic E-state index is 12.4. The molecule has 10 heteroatoms. The van der Waals surface area contributed by atoms with Gasteiger partial charge in [-0.05, 0) is 31.4 Å². The van der Waals surface area contributed by atoms with E-state index in [4.69, 9.17) is 49.0 Å². The van der Waals surface area contributed by atoms with Crippen molar-refractivity contribution in [3.05, 3.63) is 35.4 Å². The van der Waals surface area contributed by atoms with E-state index in [0.29, 0.717) is 25.7 Å². The maximum atomic E-state index is 12.4. The minimum Gasteiger partial charge on any atom is -0.433 e. The monoisotopic (exact) mass is 449 g/mol. The van der Waals surface area contributed by atoms with E-state index in [9.17, 15) is 14.4 Å².